The summed E-state index contributed by atoms with van der Waals surface area (Å²) < 4.78 is 5.82. The summed E-state index contributed by atoms with van der Waals surface area (Å²) in [6, 6.07) is 0. The second-order valence-electron chi connectivity index (χ2n) is 7.01. The maximum atomic E-state index is 5.82. The van der Waals surface area contributed by atoms with E-state index < -0.39 is 0 Å². The Morgan fingerprint density at radius 3 is 2.29 bits per heavy atom. The molecule has 1 heterocycles. The van der Waals surface area contributed by atoms with Gasteiger partial charge in [-0.2, -0.15) is 0 Å². The third-order valence-corrected chi connectivity index (χ3v) is 5.22. The minimum absolute atomic E-state index is 0.0375. The van der Waals surface area contributed by atoms with Gasteiger partial charge in [0, 0.05) is 32.3 Å². The number of nitrogens with zero attached hydrogens (tertiary/aromatic N) is 2. The summed E-state index contributed by atoms with van der Waals surface area (Å²) in [4.78, 5) is 6.73. The molecule has 0 bridgehead atoms. The Labute approximate surface area is 129 Å². The van der Waals surface area contributed by atoms with Gasteiger partial charge < -0.3 is 20.3 Å². The number of likely N-dealkylation sites (N-methyl/N-ethyl adjacent to an activating group) is 1. The molecule has 0 aromatic carbocycles. The molecule has 0 aromatic heterocycles. The Morgan fingerprint density at radius 1 is 1.10 bits per heavy atom. The molecule has 2 aliphatic rings. The van der Waals surface area contributed by atoms with E-state index in [0.717, 1.165) is 38.5 Å². The van der Waals surface area contributed by atoms with Crippen LogP contribution >= 0.6 is 0 Å². The van der Waals surface area contributed by atoms with Crippen molar-refractivity contribution >= 4 is 5.96 Å². The highest BCUT2D eigenvalue weighted by Gasteiger charge is 2.36. The first kappa shape index (κ1) is 16.6. The summed E-state index contributed by atoms with van der Waals surface area (Å²) in [5, 5.41) is 6.94. The summed E-state index contributed by atoms with van der Waals surface area (Å²) in [5.74, 6) is 0.889. The zero-order valence-corrected chi connectivity index (χ0v) is 14.2. The average Bonchev–Trinajstić information content (AvgIpc) is 3.09. The van der Waals surface area contributed by atoms with Crippen molar-refractivity contribution in [1.29, 1.82) is 0 Å². The zero-order valence-electron chi connectivity index (χ0n) is 14.2. The van der Waals surface area contributed by atoms with Crippen LogP contribution in [0.2, 0.25) is 0 Å². The highest BCUT2D eigenvalue weighted by molar-refractivity contribution is 5.79. The molecule has 0 amide bonds. The Kier molecular flexibility index (Phi) is 5.49. The SMILES string of the molecule is CN=C(NCC1(C)CCCO1)NCC1(N(C)C)CCCC1. The van der Waals surface area contributed by atoms with Gasteiger partial charge in [-0.25, -0.2) is 0 Å². The summed E-state index contributed by atoms with van der Waals surface area (Å²) >= 11 is 0. The molecule has 5 heteroatoms. The maximum Gasteiger partial charge on any atom is 0.191 e. The first-order valence-electron chi connectivity index (χ1n) is 8.26. The summed E-state index contributed by atoms with van der Waals surface area (Å²) in [6.07, 6.45) is 7.48. The van der Waals surface area contributed by atoms with E-state index in [0.29, 0.717) is 0 Å². The van der Waals surface area contributed by atoms with Crippen LogP contribution in [0.25, 0.3) is 0 Å². The van der Waals surface area contributed by atoms with Gasteiger partial charge in [0.05, 0.1) is 5.60 Å². The topological polar surface area (TPSA) is 48.9 Å². The molecule has 0 radical (unpaired) electrons. The summed E-state index contributed by atoms with van der Waals surface area (Å²) in [7, 11) is 6.22. The molecule has 0 spiro atoms. The number of hydrogen-bond acceptors (Lipinski definition) is 3. The fraction of sp³-hybridized carbons (Fsp3) is 0.938. The molecule has 1 aliphatic heterocycles. The molecule has 1 aliphatic carbocycles. The van der Waals surface area contributed by atoms with Gasteiger partial charge >= 0.3 is 0 Å². The second-order valence-corrected chi connectivity index (χ2v) is 7.01. The molecule has 1 saturated heterocycles. The predicted octanol–water partition coefficient (Wildman–Crippen LogP) is 1.59. The van der Waals surface area contributed by atoms with Crippen molar-refractivity contribution in [2.45, 2.75) is 56.6 Å². The number of guanidine groups is 1. The fourth-order valence-corrected chi connectivity index (χ4v) is 3.53. The smallest absolute Gasteiger partial charge is 0.191 e. The van der Waals surface area contributed by atoms with E-state index in [9.17, 15) is 0 Å². The highest BCUT2D eigenvalue weighted by Crippen LogP contribution is 2.33. The number of aliphatic imine (C=N–C) groups is 1. The molecule has 1 saturated carbocycles. The van der Waals surface area contributed by atoms with Gasteiger partial charge in [0.1, 0.15) is 0 Å². The van der Waals surface area contributed by atoms with Crippen LogP contribution in [0.5, 0.6) is 0 Å². The van der Waals surface area contributed by atoms with Crippen molar-refractivity contribution in [3.05, 3.63) is 0 Å². The monoisotopic (exact) mass is 296 g/mol. The van der Waals surface area contributed by atoms with Crippen LogP contribution in [0.4, 0.5) is 0 Å². The van der Waals surface area contributed by atoms with E-state index in [1.165, 1.54) is 25.7 Å². The lowest BCUT2D eigenvalue weighted by molar-refractivity contribution is 0.0242. The van der Waals surface area contributed by atoms with Crippen LogP contribution in [0.1, 0.15) is 45.4 Å². The lowest BCUT2D eigenvalue weighted by Gasteiger charge is -2.37. The summed E-state index contributed by atoms with van der Waals surface area (Å²) in [6.45, 7) is 4.84. The summed E-state index contributed by atoms with van der Waals surface area (Å²) in [5.41, 5.74) is 0.246. The molecule has 1 atom stereocenters. The van der Waals surface area contributed by atoms with Crippen LogP contribution in [-0.2, 0) is 4.74 Å². The predicted molar refractivity (Wildman–Crippen MR) is 87.8 cm³/mol. The molecule has 1 unspecified atom stereocenters. The first-order chi connectivity index (χ1) is 10.00. The first-order valence-corrected chi connectivity index (χ1v) is 8.26. The molecular weight excluding hydrogens is 264 g/mol. The number of hydrogen-bond donors (Lipinski definition) is 2. The van der Waals surface area contributed by atoms with Gasteiger partial charge in [0.2, 0.25) is 0 Å². The largest absolute Gasteiger partial charge is 0.373 e. The number of ether oxygens (including phenoxy) is 1. The van der Waals surface area contributed by atoms with Gasteiger partial charge in [-0.3, -0.25) is 4.99 Å². The van der Waals surface area contributed by atoms with Crippen LogP contribution < -0.4 is 10.6 Å². The maximum absolute atomic E-state index is 5.82. The van der Waals surface area contributed by atoms with Crippen molar-refractivity contribution in [3.8, 4) is 0 Å². The molecule has 0 aromatic rings. The lowest BCUT2D eigenvalue weighted by Crippen LogP contribution is -2.54. The minimum Gasteiger partial charge on any atom is -0.373 e. The van der Waals surface area contributed by atoms with Gasteiger partial charge in [0.15, 0.2) is 5.96 Å². The van der Waals surface area contributed by atoms with Crippen LogP contribution in [0.3, 0.4) is 0 Å². The van der Waals surface area contributed by atoms with E-state index in [-0.39, 0.29) is 11.1 Å². The van der Waals surface area contributed by atoms with Gasteiger partial charge in [-0.15, -0.1) is 0 Å². The molecule has 2 N–H and O–H groups in total. The van der Waals surface area contributed by atoms with Crippen LogP contribution in [-0.4, -0.2) is 62.8 Å². The molecule has 2 rings (SSSR count). The van der Waals surface area contributed by atoms with Crippen LogP contribution in [0.15, 0.2) is 4.99 Å². The van der Waals surface area contributed by atoms with E-state index in [1.807, 2.05) is 7.05 Å². The highest BCUT2D eigenvalue weighted by atomic mass is 16.5. The van der Waals surface area contributed by atoms with E-state index in [4.69, 9.17) is 4.74 Å². The molecule has 21 heavy (non-hydrogen) atoms. The second kappa shape index (κ2) is 6.97. The van der Waals surface area contributed by atoms with Crippen molar-refractivity contribution in [2.24, 2.45) is 4.99 Å². The van der Waals surface area contributed by atoms with Crippen molar-refractivity contribution < 1.29 is 4.74 Å². The Hall–Kier alpha value is -0.810. The van der Waals surface area contributed by atoms with Gasteiger partial charge in [-0.05, 0) is 46.7 Å². The average molecular weight is 296 g/mol. The van der Waals surface area contributed by atoms with E-state index in [1.54, 1.807) is 0 Å². The molecule has 122 valence electrons. The van der Waals surface area contributed by atoms with E-state index >= 15 is 0 Å². The third-order valence-electron chi connectivity index (χ3n) is 5.22. The quantitative estimate of drug-likeness (QED) is 0.597. The fourth-order valence-electron chi connectivity index (χ4n) is 3.53. The number of rotatable bonds is 5. The Balaban J connectivity index is 1.82. The molecule has 2 fully saturated rings. The van der Waals surface area contributed by atoms with Crippen molar-refractivity contribution in [3.63, 3.8) is 0 Å². The standard InChI is InChI=1S/C16H32N4O/c1-15(8-7-11-21-15)12-18-14(17-2)19-13-16(20(3)4)9-5-6-10-16/h5-13H2,1-4H3,(H2,17,18,19). The number of nitrogens with one attached hydrogen (secondary N) is 2. The van der Waals surface area contributed by atoms with E-state index in [2.05, 4.69) is 41.5 Å². The van der Waals surface area contributed by atoms with Crippen molar-refractivity contribution in [2.75, 3.05) is 40.8 Å². The molecule has 5 nitrogen and oxygen atoms in total. The zero-order chi connectivity index (χ0) is 15.3. The third kappa shape index (κ3) is 4.10. The van der Waals surface area contributed by atoms with Crippen LogP contribution in [0, 0.1) is 0 Å². The normalized spacial score (nSPS) is 29.1. The Bertz CT molecular complexity index is 355. The molecular formula is C16H32N4O. The van der Waals surface area contributed by atoms with Gasteiger partial charge in [0.25, 0.3) is 0 Å². The lowest BCUT2D eigenvalue weighted by atomic mass is 9.96. The van der Waals surface area contributed by atoms with Gasteiger partial charge in [-0.1, -0.05) is 12.8 Å². The minimum atomic E-state index is -0.0375. The Morgan fingerprint density at radius 2 is 1.76 bits per heavy atom. The van der Waals surface area contributed by atoms with Crippen molar-refractivity contribution in [1.82, 2.24) is 15.5 Å².